The zero-order valence-corrected chi connectivity index (χ0v) is 11.7. The second-order valence-electron chi connectivity index (χ2n) is 5.19. The highest BCUT2D eigenvalue weighted by molar-refractivity contribution is 5.65. The van der Waals surface area contributed by atoms with Crippen LogP contribution in [0.25, 0.3) is 0 Å². The Hall–Kier alpha value is -1.45. The van der Waals surface area contributed by atoms with Gasteiger partial charge in [0.25, 0.3) is 0 Å². The lowest BCUT2D eigenvalue weighted by molar-refractivity contribution is -0.137. The molecule has 2 rings (SSSR count). The third kappa shape index (κ3) is 3.52. The smallest absolute Gasteiger partial charge is 0.164 e. The van der Waals surface area contributed by atoms with Gasteiger partial charge in [0.1, 0.15) is 12.2 Å². The van der Waals surface area contributed by atoms with Gasteiger partial charge in [-0.05, 0) is 26.3 Å². The molecule has 19 heavy (non-hydrogen) atoms. The van der Waals surface area contributed by atoms with Crippen molar-refractivity contribution in [3.8, 4) is 0 Å². The van der Waals surface area contributed by atoms with E-state index in [1.165, 1.54) is 5.56 Å². The highest BCUT2D eigenvalue weighted by Crippen LogP contribution is 2.28. The minimum atomic E-state index is -0.578. The van der Waals surface area contributed by atoms with Gasteiger partial charge in [0.15, 0.2) is 5.79 Å². The van der Waals surface area contributed by atoms with Crippen molar-refractivity contribution in [3.05, 3.63) is 48.6 Å². The molecule has 1 fully saturated rings. The molecule has 0 N–H and O–H groups in total. The molecule has 0 aromatic heterocycles. The third-order valence-corrected chi connectivity index (χ3v) is 3.13. The van der Waals surface area contributed by atoms with Gasteiger partial charge >= 0.3 is 0 Å². The van der Waals surface area contributed by atoms with Gasteiger partial charge in [-0.25, -0.2) is 0 Å². The first kappa shape index (κ1) is 14.0. The van der Waals surface area contributed by atoms with Crippen LogP contribution < -0.4 is 0 Å². The molecule has 1 aliphatic rings. The average Bonchev–Trinajstić information content (AvgIpc) is 2.71. The summed E-state index contributed by atoms with van der Waals surface area (Å²) in [7, 11) is 0. The van der Waals surface area contributed by atoms with Crippen molar-refractivity contribution in [3.63, 3.8) is 0 Å². The van der Waals surface area contributed by atoms with E-state index in [1.807, 2.05) is 38.3 Å². The highest BCUT2D eigenvalue weighted by Gasteiger charge is 2.38. The normalized spacial score (nSPS) is 27.5. The van der Waals surface area contributed by atoms with Gasteiger partial charge in [-0.2, -0.15) is 0 Å². The Kier molecular flexibility index (Phi) is 4.17. The lowest BCUT2D eigenvalue weighted by Gasteiger charge is -2.15. The van der Waals surface area contributed by atoms with E-state index in [9.17, 15) is 0 Å². The van der Waals surface area contributed by atoms with Crippen molar-refractivity contribution < 1.29 is 9.47 Å². The predicted octanol–water partition coefficient (Wildman–Crippen LogP) is 3.52. The van der Waals surface area contributed by atoms with E-state index in [1.54, 1.807) is 6.08 Å². The van der Waals surface area contributed by atoms with Gasteiger partial charge in [-0.3, -0.25) is 4.99 Å². The molecule has 1 heterocycles. The molecular formula is C16H21NO2. The molecule has 0 amide bonds. The first-order valence-electron chi connectivity index (χ1n) is 6.58. The minimum absolute atomic E-state index is 0.110. The van der Waals surface area contributed by atoms with E-state index in [2.05, 4.69) is 30.6 Å². The molecule has 1 aromatic rings. The van der Waals surface area contributed by atoms with Gasteiger partial charge in [-0.1, -0.05) is 36.4 Å². The van der Waals surface area contributed by atoms with Crippen LogP contribution in [-0.4, -0.2) is 24.2 Å². The molecule has 0 saturated carbocycles. The van der Waals surface area contributed by atoms with Crippen molar-refractivity contribution in [2.45, 2.75) is 44.8 Å². The maximum Gasteiger partial charge on any atom is 0.164 e. The minimum Gasteiger partial charge on any atom is -0.340 e. The fourth-order valence-corrected chi connectivity index (χ4v) is 2.15. The van der Waals surface area contributed by atoms with Crippen molar-refractivity contribution in [1.29, 1.82) is 0 Å². The van der Waals surface area contributed by atoms with Gasteiger partial charge in [0, 0.05) is 6.21 Å². The molecule has 3 heteroatoms. The predicted molar refractivity (Wildman–Crippen MR) is 77.4 cm³/mol. The first-order chi connectivity index (χ1) is 9.02. The summed E-state index contributed by atoms with van der Waals surface area (Å²) in [5.74, 6) is -0.578. The van der Waals surface area contributed by atoms with E-state index >= 15 is 0 Å². The van der Waals surface area contributed by atoms with Crippen LogP contribution >= 0.6 is 0 Å². The Balaban J connectivity index is 2.04. The van der Waals surface area contributed by atoms with Crippen LogP contribution in [-0.2, 0) is 9.47 Å². The molecule has 0 radical (unpaired) electrons. The number of nitrogens with zero attached hydrogens (tertiary/aromatic N) is 1. The molecule has 3 nitrogen and oxygen atoms in total. The second-order valence-corrected chi connectivity index (χ2v) is 5.19. The molecule has 0 unspecified atom stereocenters. The summed E-state index contributed by atoms with van der Waals surface area (Å²) in [4.78, 5) is 4.56. The number of hydrogen-bond donors (Lipinski definition) is 0. The first-order valence-corrected chi connectivity index (χ1v) is 6.58. The molecule has 0 bridgehead atoms. The summed E-state index contributed by atoms with van der Waals surface area (Å²) in [5, 5.41) is 0. The van der Waals surface area contributed by atoms with Crippen molar-refractivity contribution in [2.75, 3.05) is 0 Å². The highest BCUT2D eigenvalue weighted by atomic mass is 16.7. The SMILES string of the molecule is C=C[C@H]1OC(C)(C)O[C@H]1C=N[C@@H](C)c1ccccc1. The summed E-state index contributed by atoms with van der Waals surface area (Å²) in [6.07, 6.45) is 3.29. The fraction of sp³-hybridized carbons (Fsp3) is 0.438. The Labute approximate surface area is 115 Å². The number of rotatable bonds is 4. The molecule has 102 valence electrons. The summed E-state index contributed by atoms with van der Waals surface area (Å²) in [5.41, 5.74) is 1.19. The zero-order chi connectivity index (χ0) is 13.9. The molecular weight excluding hydrogens is 238 g/mol. The van der Waals surface area contributed by atoms with E-state index in [0.717, 1.165) is 0 Å². The molecule has 1 aliphatic heterocycles. The van der Waals surface area contributed by atoms with E-state index in [-0.39, 0.29) is 18.2 Å². The van der Waals surface area contributed by atoms with Gasteiger partial charge in [0.05, 0.1) is 6.04 Å². The average molecular weight is 259 g/mol. The summed E-state index contributed by atoms with van der Waals surface area (Å²) < 4.78 is 11.5. The lowest BCUT2D eigenvalue weighted by Crippen LogP contribution is -2.22. The van der Waals surface area contributed by atoms with Gasteiger partial charge < -0.3 is 9.47 Å². The van der Waals surface area contributed by atoms with Crippen LogP contribution in [0.3, 0.4) is 0 Å². The molecule has 1 saturated heterocycles. The fourth-order valence-electron chi connectivity index (χ4n) is 2.15. The van der Waals surface area contributed by atoms with Crippen LogP contribution in [0.1, 0.15) is 32.4 Å². The Morgan fingerprint density at radius 3 is 2.47 bits per heavy atom. The maximum atomic E-state index is 5.80. The Bertz CT molecular complexity index is 453. The van der Waals surface area contributed by atoms with Gasteiger partial charge in [-0.15, -0.1) is 6.58 Å². The van der Waals surface area contributed by atoms with Crippen molar-refractivity contribution >= 4 is 6.21 Å². The quantitative estimate of drug-likeness (QED) is 0.612. The summed E-state index contributed by atoms with van der Waals surface area (Å²) >= 11 is 0. The third-order valence-electron chi connectivity index (χ3n) is 3.13. The molecule has 3 atom stereocenters. The van der Waals surface area contributed by atoms with Crippen LogP contribution in [0.2, 0.25) is 0 Å². The second kappa shape index (κ2) is 5.68. The van der Waals surface area contributed by atoms with Crippen LogP contribution in [0.5, 0.6) is 0 Å². The topological polar surface area (TPSA) is 30.8 Å². The number of aliphatic imine (C=N–C) groups is 1. The number of hydrogen-bond acceptors (Lipinski definition) is 3. The molecule has 0 spiro atoms. The van der Waals surface area contributed by atoms with Crippen LogP contribution in [0, 0.1) is 0 Å². The molecule has 0 aliphatic carbocycles. The number of ether oxygens (including phenoxy) is 2. The van der Waals surface area contributed by atoms with Crippen LogP contribution in [0.4, 0.5) is 0 Å². The standard InChI is InChI=1S/C16H21NO2/c1-5-14-15(19-16(3,4)18-14)11-17-12(2)13-9-7-6-8-10-13/h5-12,14-15H,1H2,2-4H3/t12-,14+,15-/m0/s1. The van der Waals surface area contributed by atoms with Crippen LogP contribution in [0.15, 0.2) is 48.0 Å². The largest absolute Gasteiger partial charge is 0.340 e. The summed E-state index contributed by atoms with van der Waals surface area (Å²) in [6.45, 7) is 9.64. The Morgan fingerprint density at radius 2 is 1.84 bits per heavy atom. The van der Waals surface area contributed by atoms with Crippen molar-refractivity contribution in [2.24, 2.45) is 4.99 Å². The van der Waals surface area contributed by atoms with Crippen molar-refractivity contribution in [1.82, 2.24) is 0 Å². The van der Waals surface area contributed by atoms with E-state index in [4.69, 9.17) is 9.47 Å². The molecule has 1 aromatic carbocycles. The van der Waals surface area contributed by atoms with E-state index in [0.29, 0.717) is 0 Å². The maximum absolute atomic E-state index is 5.80. The summed E-state index contributed by atoms with van der Waals surface area (Å²) in [6, 6.07) is 10.3. The number of benzene rings is 1. The monoisotopic (exact) mass is 259 g/mol. The van der Waals surface area contributed by atoms with Gasteiger partial charge in [0.2, 0.25) is 0 Å². The zero-order valence-electron chi connectivity index (χ0n) is 11.7. The lowest BCUT2D eigenvalue weighted by atomic mass is 10.1. The Morgan fingerprint density at radius 1 is 1.21 bits per heavy atom. The van der Waals surface area contributed by atoms with E-state index < -0.39 is 5.79 Å².